The van der Waals surface area contributed by atoms with Crippen molar-refractivity contribution < 1.29 is 0 Å². The first-order valence-electron chi connectivity index (χ1n) is 7.71. The summed E-state index contributed by atoms with van der Waals surface area (Å²) in [7, 11) is -1.15. The average molecular weight is 276 g/mol. The van der Waals surface area contributed by atoms with E-state index in [1.165, 1.54) is 24.9 Å². The average Bonchev–Trinajstić information content (AvgIpc) is 2.77. The third kappa shape index (κ3) is 3.70. The van der Waals surface area contributed by atoms with Crippen LogP contribution in [0.25, 0.3) is 0 Å². The molecule has 0 amide bonds. The molecule has 0 bridgehead atoms. The normalized spacial score (nSPS) is 21.3. The lowest BCUT2D eigenvalue weighted by Crippen LogP contribution is -2.37. The van der Waals surface area contributed by atoms with E-state index < -0.39 is 8.07 Å². The molecule has 1 aliphatic rings. The van der Waals surface area contributed by atoms with Crippen LogP contribution >= 0.6 is 0 Å². The van der Waals surface area contributed by atoms with Crippen molar-refractivity contribution in [1.82, 2.24) is 4.90 Å². The summed E-state index contributed by atoms with van der Waals surface area (Å²) < 4.78 is 0. The van der Waals surface area contributed by atoms with Crippen LogP contribution < -0.4 is 5.19 Å². The smallest absolute Gasteiger partial charge is 0.0775 e. The number of rotatable bonds is 4. The zero-order valence-corrected chi connectivity index (χ0v) is 14.2. The number of hydrogen-bond donors (Lipinski definition) is 0. The highest BCUT2D eigenvalue weighted by Crippen LogP contribution is 2.25. The van der Waals surface area contributed by atoms with Gasteiger partial charge in [-0.2, -0.15) is 0 Å². The molecular weight excluding hydrogens is 246 g/mol. The molecular formula is C17H29NSi. The van der Waals surface area contributed by atoms with Crippen LogP contribution in [0.15, 0.2) is 24.3 Å². The van der Waals surface area contributed by atoms with Crippen LogP contribution in [0.2, 0.25) is 19.6 Å². The molecule has 0 aliphatic carbocycles. The Labute approximate surface area is 120 Å². The first-order valence-corrected chi connectivity index (χ1v) is 11.2. The molecule has 1 unspecified atom stereocenters. The van der Waals surface area contributed by atoms with E-state index in [1.54, 1.807) is 5.19 Å². The number of hydrogen-bond acceptors (Lipinski definition) is 1. The predicted octanol–water partition coefficient (Wildman–Crippen LogP) is 3.85. The Balaban J connectivity index is 2.04. The molecule has 0 N–H and O–H groups in total. The summed E-state index contributed by atoms with van der Waals surface area (Å²) in [5, 5.41) is 1.57. The lowest BCUT2D eigenvalue weighted by molar-refractivity contribution is 0.199. The Hall–Kier alpha value is -0.603. The van der Waals surface area contributed by atoms with Gasteiger partial charge in [0.2, 0.25) is 0 Å². The van der Waals surface area contributed by atoms with Gasteiger partial charge in [-0.15, -0.1) is 0 Å². The third-order valence-corrected chi connectivity index (χ3v) is 6.45. The van der Waals surface area contributed by atoms with Crippen LogP contribution in [-0.2, 0) is 6.54 Å². The van der Waals surface area contributed by atoms with Crippen molar-refractivity contribution in [1.29, 1.82) is 0 Å². The molecule has 1 aliphatic heterocycles. The Morgan fingerprint density at radius 3 is 2.32 bits per heavy atom. The summed E-state index contributed by atoms with van der Waals surface area (Å²) in [6.45, 7) is 14.4. The molecule has 0 aromatic heterocycles. The maximum atomic E-state index is 2.67. The van der Waals surface area contributed by atoms with E-state index in [9.17, 15) is 0 Å². The first-order chi connectivity index (χ1) is 8.88. The largest absolute Gasteiger partial charge is 0.296 e. The van der Waals surface area contributed by atoms with Gasteiger partial charge in [0.1, 0.15) is 0 Å². The van der Waals surface area contributed by atoms with Gasteiger partial charge in [-0.25, -0.2) is 0 Å². The highest BCUT2D eigenvalue weighted by atomic mass is 28.3. The molecule has 106 valence electrons. The van der Waals surface area contributed by atoms with Crippen LogP contribution in [0.1, 0.15) is 32.3 Å². The van der Waals surface area contributed by atoms with Crippen LogP contribution in [0, 0.1) is 5.92 Å². The fourth-order valence-electron chi connectivity index (χ4n) is 3.15. The minimum atomic E-state index is -1.15. The molecule has 1 fully saturated rings. The van der Waals surface area contributed by atoms with E-state index in [2.05, 4.69) is 62.7 Å². The van der Waals surface area contributed by atoms with E-state index in [-0.39, 0.29) is 0 Å². The molecule has 2 heteroatoms. The molecule has 2 rings (SSSR count). The Bertz CT molecular complexity index is 402. The van der Waals surface area contributed by atoms with Gasteiger partial charge in [-0.3, -0.25) is 4.90 Å². The van der Waals surface area contributed by atoms with Gasteiger partial charge >= 0.3 is 0 Å². The van der Waals surface area contributed by atoms with Gasteiger partial charge in [0.25, 0.3) is 0 Å². The quantitative estimate of drug-likeness (QED) is 0.754. The van der Waals surface area contributed by atoms with E-state index in [4.69, 9.17) is 0 Å². The lowest BCUT2D eigenvalue weighted by Gasteiger charge is -2.27. The second kappa shape index (κ2) is 5.80. The van der Waals surface area contributed by atoms with Gasteiger partial charge in [0.05, 0.1) is 8.07 Å². The molecule has 0 radical (unpaired) electrons. The molecule has 0 saturated carbocycles. The number of benzene rings is 1. The number of likely N-dealkylation sites (tertiary alicyclic amines) is 1. The summed E-state index contributed by atoms with van der Waals surface area (Å²) in [6.07, 6.45) is 2.75. The van der Waals surface area contributed by atoms with Crippen molar-refractivity contribution in [2.75, 3.05) is 6.54 Å². The molecule has 1 heterocycles. The molecule has 19 heavy (non-hydrogen) atoms. The summed E-state index contributed by atoms with van der Waals surface area (Å²) in [6, 6.07) is 10.2. The van der Waals surface area contributed by atoms with Gasteiger partial charge < -0.3 is 0 Å². The van der Waals surface area contributed by atoms with Gasteiger partial charge in [0, 0.05) is 12.6 Å². The third-order valence-electron chi connectivity index (χ3n) is 4.39. The maximum Gasteiger partial charge on any atom is 0.0775 e. The monoisotopic (exact) mass is 275 g/mol. The highest BCUT2D eigenvalue weighted by molar-refractivity contribution is 6.88. The van der Waals surface area contributed by atoms with E-state index in [0.29, 0.717) is 0 Å². The van der Waals surface area contributed by atoms with Crippen LogP contribution in [0.4, 0.5) is 0 Å². The molecule has 1 aromatic carbocycles. The van der Waals surface area contributed by atoms with Crippen molar-refractivity contribution in [3.8, 4) is 0 Å². The van der Waals surface area contributed by atoms with Crippen LogP contribution in [-0.4, -0.2) is 25.6 Å². The minimum Gasteiger partial charge on any atom is -0.296 e. The summed E-state index contributed by atoms with van der Waals surface area (Å²) in [5.74, 6) is 0.781. The SMILES string of the molecule is CC(C)C1CCCN1Cc1ccc([Si](C)(C)C)cc1. The molecule has 1 nitrogen and oxygen atoms in total. The maximum absolute atomic E-state index is 2.67. The van der Waals surface area contributed by atoms with Crippen LogP contribution in [0.5, 0.6) is 0 Å². The fourth-order valence-corrected chi connectivity index (χ4v) is 4.31. The van der Waals surface area contributed by atoms with Crippen LogP contribution in [0.3, 0.4) is 0 Å². The number of nitrogens with zero attached hydrogens (tertiary/aromatic N) is 1. The standard InChI is InChI=1S/C17H29NSi/c1-14(2)17-7-6-12-18(17)13-15-8-10-16(11-9-15)19(3,4)5/h8-11,14,17H,6-7,12-13H2,1-5H3. The van der Waals surface area contributed by atoms with E-state index in [0.717, 1.165) is 18.5 Å². The van der Waals surface area contributed by atoms with Crippen molar-refractivity contribution in [3.63, 3.8) is 0 Å². The van der Waals surface area contributed by atoms with Gasteiger partial charge in [-0.1, -0.05) is 62.9 Å². The minimum absolute atomic E-state index is 0.781. The predicted molar refractivity (Wildman–Crippen MR) is 87.7 cm³/mol. The molecule has 1 aromatic rings. The second-order valence-electron chi connectivity index (χ2n) is 7.37. The summed E-state index contributed by atoms with van der Waals surface area (Å²) in [5.41, 5.74) is 1.48. The van der Waals surface area contributed by atoms with Crippen molar-refractivity contribution >= 4 is 13.3 Å². The molecule has 1 atom stereocenters. The van der Waals surface area contributed by atoms with Crippen molar-refractivity contribution in [2.45, 2.75) is 58.9 Å². The topological polar surface area (TPSA) is 3.24 Å². The highest BCUT2D eigenvalue weighted by Gasteiger charge is 2.26. The Morgan fingerprint density at radius 1 is 1.16 bits per heavy atom. The zero-order valence-electron chi connectivity index (χ0n) is 13.2. The van der Waals surface area contributed by atoms with E-state index >= 15 is 0 Å². The molecule has 0 spiro atoms. The second-order valence-corrected chi connectivity index (χ2v) is 12.4. The summed E-state index contributed by atoms with van der Waals surface area (Å²) >= 11 is 0. The van der Waals surface area contributed by atoms with Crippen molar-refractivity contribution in [3.05, 3.63) is 29.8 Å². The fraction of sp³-hybridized carbons (Fsp3) is 0.647. The zero-order chi connectivity index (χ0) is 14.0. The summed E-state index contributed by atoms with van der Waals surface area (Å²) in [4.78, 5) is 2.67. The molecule has 1 saturated heterocycles. The first kappa shape index (κ1) is 14.8. The van der Waals surface area contributed by atoms with Crippen molar-refractivity contribution in [2.24, 2.45) is 5.92 Å². The Morgan fingerprint density at radius 2 is 1.79 bits per heavy atom. The lowest BCUT2D eigenvalue weighted by atomic mass is 10.0. The van der Waals surface area contributed by atoms with Gasteiger partial charge in [0.15, 0.2) is 0 Å². The Kier molecular flexibility index (Phi) is 4.52. The van der Waals surface area contributed by atoms with E-state index in [1.807, 2.05) is 0 Å². The van der Waals surface area contributed by atoms with Gasteiger partial charge in [-0.05, 0) is 30.9 Å².